The first kappa shape index (κ1) is 10.3. The Morgan fingerprint density at radius 3 is 2.71 bits per heavy atom. The van der Waals surface area contributed by atoms with Gasteiger partial charge in [-0.25, -0.2) is 0 Å². The molecule has 3 atom stereocenters. The zero-order valence-electron chi connectivity index (χ0n) is 9.22. The van der Waals surface area contributed by atoms with Crippen LogP contribution in [0.3, 0.4) is 0 Å². The van der Waals surface area contributed by atoms with E-state index in [1.165, 1.54) is 18.6 Å². The first-order chi connectivity index (χ1) is 6.53. The molecule has 14 heavy (non-hydrogen) atoms. The van der Waals surface area contributed by atoms with Gasteiger partial charge in [-0.15, -0.1) is 0 Å². The van der Waals surface area contributed by atoms with Gasteiger partial charge in [0.05, 0.1) is 11.5 Å². The van der Waals surface area contributed by atoms with E-state index in [1.54, 1.807) is 0 Å². The zero-order chi connectivity index (χ0) is 10.4. The average Bonchev–Trinajstić information content (AvgIpc) is 2.60. The fraction of sp³-hybridized carbons (Fsp3) is 0.909. The molecule has 0 bridgehead atoms. The van der Waals surface area contributed by atoms with Crippen molar-refractivity contribution in [3.05, 3.63) is 0 Å². The van der Waals surface area contributed by atoms with Crippen LogP contribution in [0.4, 0.5) is 0 Å². The normalized spacial score (nSPS) is 47.4. The summed E-state index contributed by atoms with van der Waals surface area (Å²) in [7, 11) is 0. The maximum absolute atomic E-state index is 11.6. The molecule has 0 aliphatic carbocycles. The molecule has 80 valence electrons. The van der Waals surface area contributed by atoms with Gasteiger partial charge in [0.25, 0.3) is 0 Å². The second kappa shape index (κ2) is 3.16. The fourth-order valence-electron chi connectivity index (χ4n) is 2.73. The predicted octanol–water partition coefficient (Wildman–Crippen LogP) is 2.19. The lowest BCUT2D eigenvalue weighted by Crippen LogP contribution is -2.72. The van der Waals surface area contributed by atoms with Crippen LogP contribution >= 0.6 is 11.8 Å². The van der Waals surface area contributed by atoms with E-state index in [9.17, 15) is 4.79 Å². The number of carbonyl (C=O) groups excluding carboxylic acids is 1. The molecule has 0 aromatic heterocycles. The highest BCUT2D eigenvalue weighted by Gasteiger charge is 2.58. The molecule has 2 heterocycles. The summed E-state index contributed by atoms with van der Waals surface area (Å²) in [4.78, 5) is 11.6. The number of rotatable bonds is 2. The van der Waals surface area contributed by atoms with Crippen LogP contribution in [-0.2, 0) is 4.79 Å². The monoisotopic (exact) mass is 213 g/mol. The number of hydrogen-bond acceptors (Lipinski definition) is 2. The lowest BCUT2D eigenvalue weighted by Gasteiger charge is -2.53. The van der Waals surface area contributed by atoms with E-state index in [4.69, 9.17) is 0 Å². The number of nitrogens with one attached hydrogen (secondary N) is 1. The molecule has 0 saturated carbocycles. The maximum Gasteiger partial charge on any atom is 0.228 e. The molecule has 1 N–H and O–H groups in total. The van der Waals surface area contributed by atoms with Gasteiger partial charge in [-0.05, 0) is 38.9 Å². The maximum atomic E-state index is 11.6. The van der Waals surface area contributed by atoms with Gasteiger partial charge in [-0.1, -0.05) is 6.92 Å². The quantitative estimate of drug-likeness (QED) is 0.712. The van der Waals surface area contributed by atoms with Crippen LogP contribution in [0, 0.1) is 5.41 Å². The number of carbonyl (C=O) groups is 1. The molecule has 2 saturated heterocycles. The highest BCUT2D eigenvalue weighted by molar-refractivity contribution is 8.00. The van der Waals surface area contributed by atoms with Crippen molar-refractivity contribution in [2.75, 3.05) is 5.75 Å². The van der Waals surface area contributed by atoms with Gasteiger partial charge >= 0.3 is 0 Å². The number of hydrogen-bond donors (Lipinski definition) is 1. The minimum atomic E-state index is -0.105. The third-order valence-electron chi connectivity index (χ3n) is 4.03. The Bertz CT molecular complexity index is 260. The van der Waals surface area contributed by atoms with Gasteiger partial charge in [0.2, 0.25) is 5.91 Å². The van der Waals surface area contributed by atoms with Crippen molar-refractivity contribution >= 4 is 17.7 Å². The molecule has 3 heteroatoms. The lowest BCUT2D eigenvalue weighted by molar-refractivity contribution is -0.146. The Labute approximate surface area is 90.2 Å². The molecule has 2 aliphatic rings. The smallest absolute Gasteiger partial charge is 0.228 e. The van der Waals surface area contributed by atoms with E-state index in [0.29, 0.717) is 10.8 Å². The Hall–Kier alpha value is -0.180. The van der Waals surface area contributed by atoms with Crippen molar-refractivity contribution < 1.29 is 4.79 Å². The summed E-state index contributed by atoms with van der Waals surface area (Å²) in [6.45, 7) is 6.54. The summed E-state index contributed by atoms with van der Waals surface area (Å²) >= 11 is 2.03. The highest BCUT2D eigenvalue weighted by atomic mass is 32.2. The molecule has 2 aliphatic heterocycles. The Morgan fingerprint density at radius 1 is 1.57 bits per heavy atom. The van der Waals surface area contributed by atoms with Crippen molar-refractivity contribution in [1.82, 2.24) is 5.32 Å². The lowest BCUT2D eigenvalue weighted by atomic mass is 9.66. The molecule has 2 rings (SSSR count). The number of amides is 1. The zero-order valence-corrected chi connectivity index (χ0v) is 10.0. The Morgan fingerprint density at radius 2 is 2.29 bits per heavy atom. The molecule has 0 aromatic carbocycles. The van der Waals surface area contributed by atoms with Crippen molar-refractivity contribution in [2.24, 2.45) is 5.41 Å². The number of β-lactam (4-membered cyclic amide) rings is 1. The van der Waals surface area contributed by atoms with Crippen molar-refractivity contribution in [3.63, 3.8) is 0 Å². The van der Waals surface area contributed by atoms with Crippen LogP contribution in [-0.4, -0.2) is 22.4 Å². The summed E-state index contributed by atoms with van der Waals surface area (Å²) < 4.78 is 0.290. The molecule has 0 radical (unpaired) electrons. The molecule has 0 spiro atoms. The van der Waals surface area contributed by atoms with Crippen molar-refractivity contribution in [3.8, 4) is 0 Å². The second-order valence-corrected chi connectivity index (χ2v) is 6.57. The van der Waals surface area contributed by atoms with E-state index < -0.39 is 0 Å². The molecule has 1 amide bonds. The van der Waals surface area contributed by atoms with Gasteiger partial charge in [-0.3, -0.25) is 4.79 Å². The first-order valence-electron chi connectivity index (χ1n) is 5.48. The SMILES string of the molecule is CCC1(C)C(=O)NC1C1(C)CCCS1. The van der Waals surface area contributed by atoms with Gasteiger partial charge in [-0.2, -0.15) is 11.8 Å². The molecule has 2 fully saturated rings. The molecule has 2 nitrogen and oxygen atoms in total. The molecular formula is C11H19NOS. The summed E-state index contributed by atoms with van der Waals surface area (Å²) in [6, 6.07) is 0.389. The van der Waals surface area contributed by atoms with Crippen LogP contribution in [0.2, 0.25) is 0 Å². The Kier molecular flexibility index (Phi) is 2.33. The van der Waals surface area contributed by atoms with Crippen LogP contribution in [0.5, 0.6) is 0 Å². The largest absolute Gasteiger partial charge is 0.350 e. The second-order valence-electron chi connectivity index (χ2n) is 4.94. The van der Waals surface area contributed by atoms with Crippen LogP contribution < -0.4 is 5.32 Å². The summed E-state index contributed by atoms with van der Waals surface area (Å²) in [5.74, 6) is 1.50. The van der Waals surface area contributed by atoms with E-state index in [0.717, 1.165) is 6.42 Å². The topological polar surface area (TPSA) is 29.1 Å². The van der Waals surface area contributed by atoms with Crippen LogP contribution in [0.25, 0.3) is 0 Å². The summed E-state index contributed by atoms with van der Waals surface area (Å²) in [5, 5.41) is 3.11. The van der Waals surface area contributed by atoms with E-state index >= 15 is 0 Å². The van der Waals surface area contributed by atoms with E-state index in [2.05, 4.69) is 26.1 Å². The fourth-order valence-corrected chi connectivity index (χ4v) is 4.26. The van der Waals surface area contributed by atoms with Gasteiger partial charge in [0.1, 0.15) is 0 Å². The van der Waals surface area contributed by atoms with Crippen molar-refractivity contribution in [2.45, 2.75) is 50.8 Å². The van der Waals surface area contributed by atoms with Crippen LogP contribution in [0.15, 0.2) is 0 Å². The third kappa shape index (κ3) is 1.21. The van der Waals surface area contributed by atoms with Gasteiger partial charge in [0, 0.05) is 4.75 Å². The van der Waals surface area contributed by atoms with Crippen molar-refractivity contribution in [1.29, 1.82) is 0 Å². The minimum Gasteiger partial charge on any atom is -0.350 e. The molecular weight excluding hydrogens is 194 g/mol. The minimum absolute atomic E-state index is 0.105. The Balaban J connectivity index is 2.16. The molecule has 3 unspecified atom stereocenters. The third-order valence-corrected chi connectivity index (χ3v) is 5.62. The first-order valence-corrected chi connectivity index (χ1v) is 6.46. The van der Waals surface area contributed by atoms with E-state index in [1.807, 2.05) is 11.8 Å². The summed E-state index contributed by atoms with van der Waals surface area (Å²) in [5.41, 5.74) is -0.105. The standard InChI is InChI=1S/C11H19NOS/c1-4-10(2)8(12-9(10)13)11(3)6-5-7-14-11/h8H,4-7H2,1-3H3,(H,12,13). The van der Waals surface area contributed by atoms with Crippen LogP contribution in [0.1, 0.15) is 40.0 Å². The number of thioether (sulfide) groups is 1. The molecule has 0 aromatic rings. The average molecular weight is 213 g/mol. The predicted molar refractivity (Wildman–Crippen MR) is 60.4 cm³/mol. The highest BCUT2D eigenvalue weighted by Crippen LogP contribution is 2.50. The van der Waals surface area contributed by atoms with Gasteiger partial charge in [0.15, 0.2) is 0 Å². The summed E-state index contributed by atoms with van der Waals surface area (Å²) in [6.07, 6.45) is 3.51. The van der Waals surface area contributed by atoms with Gasteiger partial charge < -0.3 is 5.32 Å². The van der Waals surface area contributed by atoms with E-state index in [-0.39, 0.29) is 11.3 Å².